The molecule has 0 aromatic carbocycles. The molecular weight excluding hydrogens is 204 g/mol. The minimum atomic E-state index is -0.871. The first-order chi connectivity index (χ1) is 7.08. The third-order valence-corrected chi connectivity index (χ3v) is 1.77. The fourth-order valence-corrected chi connectivity index (χ4v) is 1.09. The fraction of sp³-hybridized carbons (Fsp3) is 0. The van der Waals surface area contributed by atoms with E-state index in [-0.39, 0.29) is 16.9 Å². The maximum Gasteiger partial charge on any atom is 0.315 e. The zero-order chi connectivity index (χ0) is 11.0. The summed E-state index contributed by atoms with van der Waals surface area (Å²) in [7, 11) is 0. The predicted molar refractivity (Wildman–Crippen MR) is 49.6 cm³/mol. The molecule has 2 rings (SSSR count). The van der Waals surface area contributed by atoms with Gasteiger partial charge in [-0.3, -0.25) is 19.7 Å². The molecule has 2 heterocycles. The van der Waals surface area contributed by atoms with Gasteiger partial charge in [0.1, 0.15) is 6.20 Å². The van der Waals surface area contributed by atoms with E-state index in [1.807, 2.05) is 0 Å². The summed E-state index contributed by atoms with van der Waals surface area (Å²) in [6, 6.07) is 1.12. The van der Waals surface area contributed by atoms with Crippen LogP contribution in [0.1, 0.15) is 0 Å². The van der Waals surface area contributed by atoms with Crippen LogP contribution in [0.15, 0.2) is 21.9 Å². The highest BCUT2D eigenvalue weighted by Gasteiger charge is 2.08. The Hall–Kier alpha value is -2.51. The lowest BCUT2D eigenvalue weighted by Crippen LogP contribution is -2.29. The minimum Gasteiger partial charge on any atom is -0.314 e. The quantitative estimate of drug-likeness (QED) is 0.372. The van der Waals surface area contributed by atoms with Gasteiger partial charge in [0.15, 0.2) is 5.65 Å². The summed E-state index contributed by atoms with van der Waals surface area (Å²) in [6.07, 6.45) is 0.997. The molecule has 15 heavy (non-hydrogen) atoms. The number of nitrogens with one attached hydrogen (secondary N) is 2. The molecule has 2 N–H and O–H groups in total. The molecule has 0 aliphatic rings. The summed E-state index contributed by atoms with van der Waals surface area (Å²) in [5.41, 5.74) is -1.75. The molecule has 0 aliphatic heterocycles. The van der Waals surface area contributed by atoms with Gasteiger partial charge in [-0.1, -0.05) is 0 Å². The van der Waals surface area contributed by atoms with Crippen molar-refractivity contribution >= 4 is 16.9 Å². The number of nitro groups is 1. The molecule has 0 aliphatic carbocycles. The molecule has 0 spiro atoms. The Morgan fingerprint density at radius 2 is 1.93 bits per heavy atom. The van der Waals surface area contributed by atoms with Crippen molar-refractivity contribution in [3.8, 4) is 0 Å². The number of hydrogen-bond donors (Lipinski definition) is 2. The number of fused-ring (bicyclic) bond motifs is 1. The van der Waals surface area contributed by atoms with Gasteiger partial charge in [0.05, 0.1) is 10.4 Å². The molecule has 0 fully saturated rings. The number of aromatic nitrogens is 3. The molecule has 0 amide bonds. The van der Waals surface area contributed by atoms with Gasteiger partial charge in [0.2, 0.25) is 0 Å². The highest BCUT2D eigenvalue weighted by Crippen LogP contribution is 2.12. The zero-order valence-corrected chi connectivity index (χ0v) is 7.18. The summed E-state index contributed by atoms with van der Waals surface area (Å²) in [5, 5.41) is 10.4. The van der Waals surface area contributed by atoms with Crippen molar-refractivity contribution < 1.29 is 4.92 Å². The summed E-state index contributed by atoms with van der Waals surface area (Å²) in [6.45, 7) is 0. The van der Waals surface area contributed by atoms with E-state index < -0.39 is 16.0 Å². The average Bonchev–Trinajstić information content (AvgIpc) is 2.19. The van der Waals surface area contributed by atoms with Gasteiger partial charge >= 0.3 is 11.1 Å². The number of rotatable bonds is 1. The van der Waals surface area contributed by atoms with Crippen LogP contribution in [0, 0.1) is 10.1 Å². The smallest absolute Gasteiger partial charge is 0.314 e. The van der Waals surface area contributed by atoms with Crippen LogP contribution < -0.4 is 11.1 Å². The molecule has 0 saturated carbocycles. The van der Waals surface area contributed by atoms with Gasteiger partial charge in [-0.2, -0.15) is 0 Å². The van der Waals surface area contributed by atoms with Crippen LogP contribution in [0.2, 0.25) is 0 Å². The molecule has 0 radical (unpaired) electrons. The average molecular weight is 208 g/mol. The van der Waals surface area contributed by atoms with Crippen LogP contribution in [0.4, 0.5) is 5.69 Å². The van der Waals surface area contributed by atoms with E-state index in [9.17, 15) is 19.7 Å². The molecule has 0 atom stereocenters. The molecule has 8 heteroatoms. The summed E-state index contributed by atoms with van der Waals surface area (Å²) in [4.78, 5) is 39.6. The van der Waals surface area contributed by atoms with E-state index in [4.69, 9.17) is 0 Å². The Morgan fingerprint density at radius 3 is 2.60 bits per heavy atom. The summed E-state index contributed by atoms with van der Waals surface area (Å²) < 4.78 is 0. The first-order valence-corrected chi connectivity index (χ1v) is 3.84. The first-order valence-electron chi connectivity index (χ1n) is 3.84. The lowest BCUT2D eigenvalue weighted by molar-refractivity contribution is -0.385. The largest absolute Gasteiger partial charge is 0.315 e. The zero-order valence-electron chi connectivity index (χ0n) is 7.18. The summed E-state index contributed by atoms with van der Waals surface area (Å²) >= 11 is 0. The monoisotopic (exact) mass is 208 g/mol. The van der Waals surface area contributed by atoms with E-state index >= 15 is 0 Å². The maximum absolute atomic E-state index is 10.9. The van der Waals surface area contributed by atoms with Gasteiger partial charge in [0.25, 0.3) is 5.69 Å². The first kappa shape index (κ1) is 9.06. The lowest BCUT2D eigenvalue weighted by Gasteiger charge is -1.95. The van der Waals surface area contributed by atoms with E-state index in [1.54, 1.807) is 0 Å². The standard InChI is InChI=1S/C7H4N4O4/c12-6-7(13)10-5-4(9-6)1-3(2-8-5)11(14)15/h1-2H,(H,9,12)(H,8,10,13). The molecule has 0 saturated heterocycles. The number of aromatic amines is 2. The molecule has 0 unspecified atom stereocenters. The minimum absolute atomic E-state index is 0.102. The molecule has 0 bridgehead atoms. The topological polar surface area (TPSA) is 122 Å². The maximum atomic E-state index is 10.9. The molecule has 8 nitrogen and oxygen atoms in total. The van der Waals surface area contributed by atoms with Crippen LogP contribution in [-0.2, 0) is 0 Å². The Kier molecular flexibility index (Phi) is 1.82. The Labute approximate surface area is 80.7 Å². The van der Waals surface area contributed by atoms with Crippen molar-refractivity contribution in [2.45, 2.75) is 0 Å². The van der Waals surface area contributed by atoms with Gasteiger partial charge < -0.3 is 9.97 Å². The molecular formula is C7H4N4O4. The molecule has 76 valence electrons. The van der Waals surface area contributed by atoms with Crippen LogP contribution in [-0.4, -0.2) is 19.9 Å². The molecule has 2 aromatic rings. The third kappa shape index (κ3) is 1.47. The molecule has 2 aromatic heterocycles. The Bertz CT molecular complexity index is 656. The van der Waals surface area contributed by atoms with Crippen LogP contribution in [0.5, 0.6) is 0 Å². The lowest BCUT2D eigenvalue weighted by atomic mass is 10.4. The van der Waals surface area contributed by atoms with Gasteiger partial charge in [-0.25, -0.2) is 4.98 Å². The fourth-order valence-electron chi connectivity index (χ4n) is 1.09. The van der Waals surface area contributed by atoms with Crippen LogP contribution >= 0.6 is 0 Å². The van der Waals surface area contributed by atoms with Gasteiger partial charge in [-0.05, 0) is 0 Å². The second kappa shape index (κ2) is 3.01. The van der Waals surface area contributed by atoms with Crippen molar-refractivity contribution in [2.24, 2.45) is 0 Å². The van der Waals surface area contributed by atoms with Crippen molar-refractivity contribution in [3.63, 3.8) is 0 Å². The second-order valence-corrected chi connectivity index (χ2v) is 2.76. The van der Waals surface area contributed by atoms with E-state index in [1.165, 1.54) is 0 Å². The highest BCUT2D eigenvalue weighted by atomic mass is 16.6. The number of hydrogen-bond acceptors (Lipinski definition) is 5. The SMILES string of the molecule is O=c1[nH]c2cc([N+](=O)[O-])cnc2[nH]c1=O. The number of H-pyrrole nitrogens is 2. The predicted octanol–water partition coefficient (Wildman–Crippen LogP) is -0.480. The highest BCUT2D eigenvalue weighted by molar-refractivity contribution is 5.71. The van der Waals surface area contributed by atoms with E-state index in [0.29, 0.717) is 0 Å². The van der Waals surface area contributed by atoms with Crippen molar-refractivity contribution in [1.82, 2.24) is 15.0 Å². The van der Waals surface area contributed by atoms with Crippen molar-refractivity contribution in [3.05, 3.63) is 43.1 Å². The van der Waals surface area contributed by atoms with Crippen molar-refractivity contribution in [2.75, 3.05) is 0 Å². The number of nitrogens with zero attached hydrogens (tertiary/aromatic N) is 2. The Morgan fingerprint density at radius 1 is 1.27 bits per heavy atom. The summed E-state index contributed by atoms with van der Waals surface area (Å²) in [5.74, 6) is 0. The van der Waals surface area contributed by atoms with E-state index in [0.717, 1.165) is 12.3 Å². The van der Waals surface area contributed by atoms with Crippen LogP contribution in [0.25, 0.3) is 11.2 Å². The number of pyridine rings is 1. The van der Waals surface area contributed by atoms with Gasteiger partial charge in [0, 0.05) is 6.07 Å². The van der Waals surface area contributed by atoms with Crippen LogP contribution in [0.3, 0.4) is 0 Å². The third-order valence-electron chi connectivity index (χ3n) is 1.77. The van der Waals surface area contributed by atoms with E-state index in [2.05, 4.69) is 15.0 Å². The Balaban J connectivity index is 2.83. The second-order valence-electron chi connectivity index (χ2n) is 2.76. The van der Waals surface area contributed by atoms with Crippen molar-refractivity contribution in [1.29, 1.82) is 0 Å². The van der Waals surface area contributed by atoms with Gasteiger partial charge in [-0.15, -0.1) is 0 Å². The normalized spacial score (nSPS) is 10.4.